The number of para-hydroxylation sites is 1. The summed E-state index contributed by atoms with van der Waals surface area (Å²) < 4.78 is 19.4. The Morgan fingerprint density at radius 2 is 2.19 bits per heavy atom. The van der Waals surface area contributed by atoms with Gasteiger partial charge in [-0.05, 0) is 18.9 Å². The van der Waals surface area contributed by atoms with Crippen LogP contribution in [0.4, 0.5) is 4.39 Å². The molecule has 0 heterocycles. The minimum Gasteiger partial charge on any atom is -0.490 e. The first-order valence-corrected chi connectivity index (χ1v) is 7.49. The van der Waals surface area contributed by atoms with Gasteiger partial charge >= 0.3 is 0 Å². The zero-order valence-corrected chi connectivity index (χ0v) is 12.6. The van der Waals surface area contributed by atoms with E-state index in [-0.39, 0.29) is 30.5 Å². The molecule has 0 atom stereocenters. The van der Waals surface area contributed by atoms with Crippen LogP contribution in [-0.4, -0.2) is 24.6 Å². The average molecular weight is 294 g/mol. The molecule has 0 aromatic heterocycles. The van der Waals surface area contributed by atoms with Crippen molar-refractivity contribution in [1.82, 2.24) is 10.6 Å². The number of nitrogens with one attached hydrogen (secondary N) is 2. The molecule has 0 saturated heterocycles. The molecule has 0 aliphatic heterocycles. The van der Waals surface area contributed by atoms with Crippen LogP contribution in [-0.2, 0) is 11.3 Å². The maximum Gasteiger partial charge on any atom is 0.223 e. The van der Waals surface area contributed by atoms with Gasteiger partial charge in [-0.2, -0.15) is 0 Å². The summed E-state index contributed by atoms with van der Waals surface area (Å²) in [4.78, 5) is 11.6. The van der Waals surface area contributed by atoms with E-state index < -0.39 is 0 Å². The lowest BCUT2D eigenvalue weighted by molar-refractivity contribution is -0.121. The predicted octanol–water partition coefficient (Wildman–Crippen LogP) is 2.37. The fourth-order valence-electron chi connectivity index (χ4n) is 1.94. The maximum atomic E-state index is 13.9. The van der Waals surface area contributed by atoms with Crippen LogP contribution in [0.5, 0.6) is 5.75 Å². The molecule has 1 amide bonds. The van der Waals surface area contributed by atoms with Crippen molar-refractivity contribution in [2.45, 2.75) is 51.7 Å². The number of carbonyl (C=O) groups excluding carboxylic acids is 1. The molecule has 0 bridgehead atoms. The summed E-state index contributed by atoms with van der Waals surface area (Å²) >= 11 is 0. The fourth-order valence-corrected chi connectivity index (χ4v) is 1.94. The van der Waals surface area contributed by atoms with Crippen molar-refractivity contribution < 1.29 is 13.9 Å². The van der Waals surface area contributed by atoms with Crippen molar-refractivity contribution in [3.8, 4) is 5.75 Å². The molecule has 1 aromatic carbocycles. The second-order valence-corrected chi connectivity index (χ2v) is 5.70. The predicted molar refractivity (Wildman–Crippen MR) is 79.7 cm³/mol. The number of ether oxygens (including phenoxy) is 1. The Morgan fingerprint density at radius 3 is 2.86 bits per heavy atom. The number of halogens is 1. The van der Waals surface area contributed by atoms with E-state index in [9.17, 15) is 9.18 Å². The van der Waals surface area contributed by atoms with E-state index >= 15 is 0 Å². The summed E-state index contributed by atoms with van der Waals surface area (Å²) in [6, 6.07) is 5.53. The Hall–Kier alpha value is -1.62. The van der Waals surface area contributed by atoms with Crippen molar-refractivity contribution in [3.05, 3.63) is 29.6 Å². The van der Waals surface area contributed by atoms with Gasteiger partial charge < -0.3 is 15.4 Å². The van der Waals surface area contributed by atoms with Crippen LogP contribution in [0.15, 0.2) is 18.2 Å². The van der Waals surface area contributed by atoms with Gasteiger partial charge in [0.05, 0.1) is 13.0 Å². The van der Waals surface area contributed by atoms with Gasteiger partial charge in [0, 0.05) is 24.2 Å². The largest absolute Gasteiger partial charge is 0.490 e. The van der Waals surface area contributed by atoms with E-state index in [1.807, 2.05) is 19.9 Å². The van der Waals surface area contributed by atoms with Crippen LogP contribution in [0.1, 0.15) is 38.7 Å². The molecule has 1 saturated carbocycles. The lowest BCUT2D eigenvalue weighted by Crippen LogP contribution is -2.27. The standard InChI is InChI=1S/C16H23FN2O2/c1-11(2)18-10-12-4-3-5-14(17)16(12)21-9-8-15(20)19-13-6-7-13/h3-5,11,13,18H,6-10H2,1-2H3,(H,19,20). The van der Waals surface area contributed by atoms with E-state index in [1.165, 1.54) is 6.07 Å². The Balaban J connectivity index is 1.86. The van der Waals surface area contributed by atoms with Crippen molar-refractivity contribution in [2.75, 3.05) is 6.61 Å². The molecule has 4 nitrogen and oxygen atoms in total. The normalized spacial score (nSPS) is 14.3. The molecular weight excluding hydrogens is 271 g/mol. The lowest BCUT2D eigenvalue weighted by Gasteiger charge is -2.14. The van der Waals surface area contributed by atoms with Crippen LogP contribution >= 0.6 is 0 Å². The molecule has 1 fully saturated rings. The van der Waals surface area contributed by atoms with E-state index in [0.717, 1.165) is 18.4 Å². The van der Waals surface area contributed by atoms with Crippen molar-refractivity contribution >= 4 is 5.91 Å². The van der Waals surface area contributed by atoms with E-state index in [0.29, 0.717) is 18.6 Å². The molecule has 2 N–H and O–H groups in total. The second-order valence-electron chi connectivity index (χ2n) is 5.70. The highest BCUT2D eigenvalue weighted by molar-refractivity contribution is 5.76. The molecular formula is C16H23FN2O2. The summed E-state index contributed by atoms with van der Waals surface area (Å²) in [6.07, 6.45) is 2.37. The zero-order chi connectivity index (χ0) is 15.2. The third-order valence-corrected chi connectivity index (χ3v) is 3.27. The van der Waals surface area contributed by atoms with E-state index in [4.69, 9.17) is 4.74 Å². The molecule has 0 spiro atoms. The van der Waals surface area contributed by atoms with Crippen LogP contribution in [0.2, 0.25) is 0 Å². The van der Waals surface area contributed by atoms with Gasteiger partial charge in [0.1, 0.15) is 0 Å². The number of benzene rings is 1. The average Bonchev–Trinajstić information content (AvgIpc) is 3.22. The maximum absolute atomic E-state index is 13.9. The van der Waals surface area contributed by atoms with Crippen molar-refractivity contribution in [1.29, 1.82) is 0 Å². The third kappa shape index (κ3) is 5.34. The topological polar surface area (TPSA) is 50.4 Å². The Morgan fingerprint density at radius 1 is 1.43 bits per heavy atom. The number of carbonyl (C=O) groups is 1. The number of hydrogen-bond acceptors (Lipinski definition) is 3. The Kier molecular flexibility index (Phi) is 5.56. The Labute approximate surface area is 125 Å². The molecule has 1 aliphatic carbocycles. The monoisotopic (exact) mass is 294 g/mol. The second kappa shape index (κ2) is 7.41. The highest BCUT2D eigenvalue weighted by Gasteiger charge is 2.23. The first-order chi connectivity index (χ1) is 10.1. The summed E-state index contributed by atoms with van der Waals surface area (Å²) in [5.74, 6) is -0.179. The molecule has 1 aliphatic rings. The number of rotatable bonds is 8. The molecule has 0 unspecified atom stereocenters. The Bertz CT molecular complexity index is 487. The first kappa shape index (κ1) is 15.8. The number of hydrogen-bond donors (Lipinski definition) is 2. The molecule has 21 heavy (non-hydrogen) atoms. The molecule has 116 valence electrons. The molecule has 5 heteroatoms. The van der Waals surface area contributed by atoms with Crippen LogP contribution < -0.4 is 15.4 Å². The van der Waals surface area contributed by atoms with Gasteiger partial charge in [-0.15, -0.1) is 0 Å². The minimum absolute atomic E-state index is 0.0318. The van der Waals surface area contributed by atoms with Gasteiger partial charge in [-0.1, -0.05) is 26.0 Å². The van der Waals surface area contributed by atoms with Crippen LogP contribution in [0.3, 0.4) is 0 Å². The quantitative estimate of drug-likeness (QED) is 0.774. The van der Waals surface area contributed by atoms with Crippen molar-refractivity contribution in [2.24, 2.45) is 0 Å². The van der Waals surface area contributed by atoms with Gasteiger partial charge in [-0.25, -0.2) is 4.39 Å². The molecule has 2 rings (SSSR count). The van der Waals surface area contributed by atoms with E-state index in [2.05, 4.69) is 10.6 Å². The molecule has 1 aromatic rings. The fraction of sp³-hybridized carbons (Fsp3) is 0.562. The zero-order valence-electron chi connectivity index (χ0n) is 12.6. The van der Waals surface area contributed by atoms with Gasteiger partial charge in [0.15, 0.2) is 11.6 Å². The first-order valence-electron chi connectivity index (χ1n) is 7.49. The third-order valence-electron chi connectivity index (χ3n) is 3.27. The lowest BCUT2D eigenvalue weighted by atomic mass is 10.2. The molecule has 0 radical (unpaired) electrons. The highest BCUT2D eigenvalue weighted by Crippen LogP contribution is 2.23. The van der Waals surface area contributed by atoms with Gasteiger partial charge in [-0.3, -0.25) is 4.79 Å². The highest BCUT2D eigenvalue weighted by atomic mass is 19.1. The summed E-state index contributed by atoms with van der Waals surface area (Å²) in [5.41, 5.74) is 0.770. The SMILES string of the molecule is CC(C)NCc1cccc(F)c1OCCC(=O)NC1CC1. The van der Waals surface area contributed by atoms with Crippen LogP contribution in [0, 0.1) is 5.82 Å². The summed E-state index contributed by atoms with van der Waals surface area (Å²) in [6.45, 7) is 4.79. The van der Waals surface area contributed by atoms with Crippen LogP contribution in [0.25, 0.3) is 0 Å². The van der Waals surface area contributed by atoms with Gasteiger partial charge in [0.2, 0.25) is 5.91 Å². The summed E-state index contributed by atoms with van der Waals surface area (Å²) in [5, 5.41) is 6.12. The smallest absolute Gasteiger partial charge is 0.223 e. The van der Waals surface area contributed by atoms with Gasteiger partial charge in [0.25, 0.3) is 0 Å². The number of amides is 1. The summed E-state index contributed by atoms with van der Waals surface area (Å²) in [7, 11) is 0. The minimum atomic E-state index is -0.388. The van der Waals surface area contributed by atoms with E-state index in [1.54, 1.807) is 6.07 Å². The van der Waals surface area contributed by atoms with Crippen molar-refractivity contribution in [3.63, 3.8) is 0 Å².